The first-order valence-electron chi connectivity index (χ1n) is 12.6. The van der Waals surface area contributed by atoms with E-state index in [1.165, 1.54) is 11.8 Å². The number of amides is 2. The minimum Gasteiger partial charge on any atom is -0.391 e. The predicted molar refractivity (Wildman–Crippen MR) is 134 cm³/mol. The molecule has 0 bridgehead atoms. The number of benzene rings is 1. The van der Waals surface area contributed by atoms with Crippen molar-refractivity contribution in [2.24, 2.45) is 0 Å². The zero-order valence-corrected chi connectivity index (χ0v) is 20.6. The Kier molecular flexibility index (Phi) is 7.01. The van der Waals surface area contributed by atoms with E-state index in [-0.39, 0.29) is 31.3 Å². The minimum absolute atomic E-state index is 0.0746. The molecule has 1 saturated carbocycles. The minimum atomic E-state index is -1.30. The number of aliphatic hydroxyl groups excluding tert-OH is 1. The third kappa shape index (κ3) is 5.11. The van der Waals surface area contributed by atoms with Crippen LogP contribution in [-0.4, -0.2) is 73.3 Å². The van der Waals surface area contributed by atoms with Crippen molar-refractivity contribution in [1.82, 2.24) is 25.0 Å². The number of nitrogens with one attached hydrogen (secondary N) is 1. The Morgan fingerprint density at radius 1 is 1.14 bits per heavy atom. The number of likely N-dealkylation sites (tertiary alicyclic amines) is 1. The van der Waals surface area contributed by atoms with Gasteiger partial charge in [-0.1, -0.05) is 18.9 Å². The number of Topliss-reactive ketones (excluding diaryl/α,β-unsaturated/α-hetero) is 1. The highest BCUT2D eigenvalue weighted by molar-refractivity contribution is 6.08. The molecule has 2 aromatic heterocycles. The van der Waals surface area contributed by atoms with E-state index in [9.17, 15) is 23.9 Å². The van der Waals surface area contributed by atoms with E-state index >= 15 is 0 Å². The Hall–Kier alpha value is -3.66. The van der Waals surface area contributed by atoms with Gasteiger partial charge in [0, 0.05) is 34.6 Å². The molecule has 5 rings (SSSR count). The van der Waals surface area contributed by atoms with Crippen molar-refractivity contribution in [1.29, 1.82) is 0 Å². The fourth-order valence-corrected chi connectivity index (χ4v) is 5.45. The van der Waals surface area contributed by atoms with Crippen LogP contribution >= 0.6 is 0 Å². The molecule has 2 fully saturated rings. The lowest BCUT2D eigenvalue weighted by molar-refractivity contribution is -0.139. The Labute approximate surface area is 213 Å². The molecule has 2 amide bonds. The van der Waals surface area contributed by atoms with Crippen molar-refractivity contribution in [3.05, 3.63) is 48.4 Å². The Morgan fingerprint density at radius 2 is 1.95 bits per heavy atom. The largest absolute Gasteiger partial charge is 0.391 e. The van der Waals surface area contributed by atoms with Crippen molar-refractivity contribution in [2.75, 3.05) is 6.54 Å². The number of ketones is 1. The molecule has 1 aromatic carbocycles. The first-order chi connectivity index (χ1) is 17.8. The maximum absolute atomic E-state index is 14.4. The molecule has 2 aliphatic rings. The van der Waals surface area contributed by atoms with Crippen molar-refractivity contribution in [3.63, 3.8) is 0 Å². The molecule has 10 heteroatoms. The van der Waals surface area contributed by atoms with Gasteiger partial charge in [-0.05, 0) is 43.5 Å². The summed E-state index contributed by atoms with van der Waals surface area (Å²) in [5.74, 6) is -0.981. The van der Waals surface area contributed by atoms with Gasteiger partial charge in [-0.15, -0.1) is 0 Å². The van der Waals surface area contributed by atoms with E-state index in [2.05, 4.69) is 15.5 Å². The first-order valence-corrected chi connectivity index (χ1v) is 12.6. The number of fused-ring (bicyclic) bond motifs is 1. The van der Waals surface area contributed by atoms with Gasteiger partial charge in [-0.25, -0.2) is 4.39 Å². The summed E-state index contributed by atoms with van der Waals surface area (Å²) in [7, 11) is 0. The topological polar surface area (TPSA) is 117 Å². The molecule has 1 saturated heterocycles. The van der Waals surface area contributed by atoms with Crippen LogP contribution in [0.3, 0.4) is 0 Å². The molecule has 3 heterocycles. The molecule has 37 heavy (non-hydrogen) atoms. The SMILES string of the molecule is CC(=O)c1cn(CC(=O)N2CC(F)CC2C(=O)NC2CCCCC2O)c2ccc(-c3ccnnc3)cc12. The molecular formula is C27H30FN5O4. The zero-order valence-electron chi connectivity index (χ0n) is 20.6. The van der Waals surface area contributed by atoms with Gasteiger partial charge in [0.1, 0.15) is 18.8 Å². The van der Waals surface area contributed by atoms with Gasteiger partial charge in [-0.3, -0.25) is 14.4 Å². The lowest BCUT2D eigenvalue weighted by Gasteiger charge is -2.31. The van der Waals surface area contributed by atoms with Gasteiger partial charge in [0.05, 0.1) is 31.1 Å². The van der Waals surface area contributed by atoms with Gasteiger partial charge in [0.15, 0.2) is 5.78 Å². The number of nitrogens with zero attached hydrogens (tertiary/aromatic N) is 4. The molecule has 4 atom stereocenters. The summed E-state index contributed by atoms with van der Waals surface area (Å²) in [4.78, 5) is 40.0. The molecule has 1 aliphatic heterocycles. The van der Waals surface area contributed by atoms with Crippen LogP contribution in [0.5, 0.6) is 0 Å². The van der Waals surface area contributed by atoms with Crippen molar-refractivity contribution < 1.29 is 23.9 Å². The normalized spacial score (nSPS) is 23.8. The molecule has 0 spiro atoms. The Morgan fingerprint density at radius 3 is 2.68 bits per heavy atom. The second kappa shape index (κ2) is 10.4. The number of rotatable bonds is 6. The van der Waals surface area contributed by atoms with E-state index < -0.39 is 30.1 Å². The molecule has 3 aromatic rings. The quantitative estimate of drug-likeness (QED) is 0.496. The maximum atomic E-state index is 14.4. The van der Waals surface area contributed by atoms with Crippen molar-refractivity contribution in [3.8, 4) is 11.1 Å². The number of hydrogen-bond donors (Lipinski definition) is 2. The van der Waals surface area contributed by atoms with Gasteiger partial charge in [0.2, 0.25) is 11.8 Å². The van der Waals surface area contributed by atoms with Crippen LogP contribution in [0, 0.1) is 0 Å². The highest BCUT2D eigenvalue weighted by Gasteiger charge is 2.41. The number of aliphatic hydroxyl groups is 1. The van der Waals surface area contributed by atoms with E-state index in [1.807, 2.05) is 24.3 Å². The number of hydrogen-bond acceptors (Lipinski definition) is 6. The molecule has 1 aliphatic carbocycles. The number of carbonyl (C=O) groups is 3. The second-order valence-electron chi connectivity index (χ2n) is 9.95. The fourth-order valence-electron chi connectivity index (χ4n) is 5.45. The van der Waals surface area contributed by atoms with Crippen LogP contribution in [0.15, 0.2) is 42.9 Å². The van der Waals surface area contributed by atoms with E-state index in [0.717, 1.165) is 24.0 Å². The standard InChI is InChI=1S/C27H30FN5O4/c1-16(34)21-14-32(23-7-6-17(10-20(21)23)18-8-9-29-30-12-18)15-26(36)33-13-19(28)11-24(33)27(37)31-22-4-2-3-5-25(22)35/h6-10,12,14,19,22,24-25,35H,2-5,11,13,15H2,1H3,(H,31,37). The summed E-state index contributed by atoms with van der Waals surface area (Å²) in [6.07, 6.45) is 5.93. The number of aromatic nitrogens is 3. The van der Waals surface area contributed by atoms with E-state index in [0.29, 0.717) is 29.3 Å². The lowest BCUT2D eigenvalue weighted by Crippen LogP contribution is -2.52. The first kappa shape index (κ1) is 25.0. The second-order valence-corrected chi connectivity index (χ2v) is 9.95. The summed E-state index contributed by atoms with van der Waals surface area (Å²) in [5, 5.41) is 21.5. The van der Waals surface area contributed by atoms with Crippen molar-refractivity contribution in [2.45, 2.75) is 69.9 Å². The molecule has 9 nitrogen and oxygen atoms in total. The summed E-state index contributed by atoms with van der Waals surface area (Å²) in [5.41, 5.74) is 2.86. The third-order valence-electron chi connectivity index (χ3n) is 7.41. The van der Waals surface area contributed by atoms with Crippen molar-refractivity contribution >= 4 is 28.5 Å². The van der Waals surface area contributed by atoms with E-state index in [4.69, 9.17) is 0 Å². The zero-order chi connectivity index (χ0) is 26.1. The Bertz CT molecular complexity index is 1330. The predicted octanol–water partition coefficient (Wildman–Crippen LogP) is 2.66. The summed E-state index contributed by atoms with van der Waals surface area (Å²) in [6, 6.07) is 6.10. The Balaban J connectivity index is 1.38. The summed E-state index contributed by atoms with van der Waals surface area (Å²) < 4.78 is 16.1. The van der Waals surface area contributed by atoms with Gasteiger partial charge < -0.3 is 19.9 Å². The third-order valence-corrected chi connectivity index (χ3v) is 7.41. The van der Waals surface area contributed by atoms with Gasteiger partial charge >= 0.3 is 0 Å². The van der Waals surface area contributed by atoms with Gasteiger partial charge in [-0.2, -0.15) is 10.2 Å². The summed E-state index contributed by atoms with van der Waals surface area (Å²) >= 11 is 0. The smallest absolute Gasteiger partial charge is 0.243 e. The lowest BCUT2D eigenvalue weighted by atomic mass is 9.92. The fraction of sp³-hybridized carbons (Fsp3) is 0.444. The van der Waals surface area contributed by atoms with Crippen LogP contribution in [0.25, 0.3) is 22.0 Å². The highest BCUT2D eigenvalue weighted by atomic mass is 19.1. The highest BCUT2D eigenvalue weighted by Crippen LogP contribution is 2.29. The number of halogens is 1. The molecule has 0 radical (unpaired) electrons. The van der Waals surface area contributed by atoms with Crippen LogP contribution in [0.4, 0.5) is 4.39 Å². The number of alkyl halides is 1. The van der Waals surface area contributed by atoms with Gasteiger partial charge in [0.25, 0.3) is 0 Å². The molecular weight excluding hydrogens is 477 g/mol. The van der Waals surface area contributed by atoms with Crippen LogP contribution in [0.1, 0.15) is 49.4 Å². The molecule has 2 N–H and O–H groups in total. The molecule has 4 unspecified atom stereocenters. The monoisotopic (exact) mass is 507 g/mol. The average Bonchev–Trinajstić information content (AvgIpc) is 3.46. The maximum Gasteiger partial charge on any atom is 0.243 e. The van der Waals surface area contributed by atoms with Crippen LogP contribution < -0.4 is 5.32 Å². The molecule has 194 valence electrons. The van der Waals surface area contributed by atoms with E-state index in [1.54, 1.807) is 23.2 Å². The number of carbonyl (C=O) groups excluding carboxylic acids is 3. The van der Waals surface area contributed by atoms with Crippen LogP contribution in [-0.2, 0) is 16.1 Å². The van der Waals surface area contributed by atoms with Crippen LogP contribution in [0.2, 0.25) is 0 Å². The summed E-state index contributed by atoms with van der Waals surface area (Å²) in [6.45, 7) is 1.17. The average molecular weight is 508 g/mol.